The molecule has 5 atom stereocenters. The Morgan fingerprint density at radius 3 is 2.62 bits per heavy atom. The van der Waals surface area contributed by atoms with Crippen LogP contribution in [-0.4, -0.2) is 82.1 Å². The Morgan fingerprint density at radius 2 is 2.09 bits per heavy atom. The van der Waals surface area contributed by atoms with E-state index in [0.29, 0.717) is 0 Å². The number of hydrogen-bond donors (Lipinski definition) is 3. The monoisotopic (exact) mass is 540 g/mol. The fourth-order valence-corrected chi connectivity index (χ4v) is 5.32. The minimum Gasteiger partial charge on any atom is -0.392 e. The molecule has 10 nitrogen and oxygen atoms in total. The predicted molar refractivity (Wildman–Crippen MR) is 115 cm³/mol. The highest BCUT2D eigenvalue weighted by atomic mass is 35.5. The molecule has 1 saturated heterocycles. The van der Waals surface area contributed by atoms with E-state index in [9.17, 15) is 23.4 Å². The van der Waals surface area contributed by atoms with Crippen LogP contribution in [-0.2, 0) is 15.0 Å². The molecule has 16 heteroatoms. The summed E-state index contributed by atoms with van der Waals surface area (Å²) in [4.78, 5) is 3.91. The van der Waals surface area contributed by atoms with Gasteiger partial charge in [-0.25, -0.2) is 9.36 Å². The molecular formula is C18H17Cl2F3N6O4S. The lowest BCUT2D eigenvalue weighted by atomic mass is 9.67. The molecule has 2 N–H and O–H groups in total. The molecule has 184 valence electrons. The van der Waals surface area contributed by atoms with Gasteiger partial charge in [-0.3, -0.25) is 4.98 Å². The second-order valence-corrected chi connectivity index (χ2v) is 8.86. The molecule has 1 unspecified atom stereocenters. The van der Waals surface area contributed by atoms with Crippen LogP contribution in [0, 0.1) is 0 Å². The molecule has 0 saturated carbocycles. The van der Waals surface area contributed by atoms with Gasteiger partial charge < -0.3 is 19.7 Å². The molecule has 4 heterocycles. The molecular weight excluding hydrogens is 524 g/mol. The summed E-state index contributed by atoms with van der Waals surface area (Å²) < 4.78 is 57.2. The van der Waals surface area contributed by atoms with Crippen LogP contribution in [0.2, 0.25) is 5.15 Å². The van der Waals surface area contributed by atoms with Crippen LogP contribution in [0.3, 0.4) is 0 Å². The number of aliphatic hydroxyl groups excluding tert-OH is 2. The standard InChI is InChI=1S/C18H17Cl2F3N6O4S/c1-32-17(18(21,22)23)14(34)33-15(20,9-30)13(31)16(17,10-3-2-5-24-7-10)29-8-12(25-27-29)28-6-4-11(19)26-28/h2-8,13-14,30-31,34H,9H2,1H3/t13-,14+,15+,16?,17-/m0/s1. The van der Waals surface area contributed by atoms with E-state index in [4.69, 9.17) is 32.7 Å². The van der Waals surface area contributed by atoms with E-state index < -0.39 is 40.5 Å². The minimum absolute atomic E-state index is 0.0408. The molecule has 0 aromatic carbocycles. The van der Waals surface area contributed by atoms with E-state index in [1.54, 1.807) is 0 Å². The highest BCUT2D eigenvalue weighted by Crippen LogP contribution is 2.60. The number of rotatable bonds is 5. The minimum atomic E-state index is -5.24. The largest absolute Gasteiger partial charge is 0.423 e. The Labute approximate surface area is 205 Å². The number of halogens is 5. The molecule has 1 aliphatic heterocycles. The van der Waals surface area contributed by atoms with Crippen molar-refractivity contribution in [1.29, 1.82) is 0 Å². The van der Waals surface area contributed by atoms with Gasteiger partial charge in [-0.15, -0.1) is 17.7 Å². The van der Waals surface area contributed by atoms with Crippen LogP contribution in [0.25, 0.3) is 5.82 Å². The molecule has 3 aromatic rings. The number of hydrogen-bond acceptors (Lipinski definition) is 9. The summed E-state index contributed by atoms with van der Waals surface area (Å²) in [5.74, 6) is -0.0408. The van der Waals surface area contributed by atoms with Crippen molar-refractivity contribution >= 4 is 35.8 Å². The summed E-state index contributed by atoms with van der Waals surface area (Å²) >= 11 is 16.2. The fraction of sp³-hybridized carbons (Fsp3) is 0.444. The highest BCUT2D eigenvalue weighted by molar-refractivity contribution is 7.80. The summed E-state index contributed by atoms with van der Waals surface area (Å²) in [5, 5.41) is 30.8. The van der Waals surface area contributed by atoms with Crippen LogP contribution in [0.5, 0.6) is 0 Å². The second-order valence-electron chi connectivity index (χ2n) is 7.37. The maximum atomic E-state index is 15.0. The van der Waals surface area contributed by atoms with E-state index >= 15 is 0 Å². The third-order valence-electron chi connectivity index (χ3n) is 5.72. The average molecular weight is 541 g/mol. The number of thiol groups is 1. The van der Waals surface area contributed by atoms with Crippen molar-refractivity contribution in [1.82, 2.24) is 29.8 Å². The van der Waals surface area contributed by atoms with E-state index in [0.717, 1.165) is 28.9 Å². The lowest BCUT2D eigenvalue weighted by Crippen LogP contribution is -2.81. The first-order valence-corrected chi connectivity index (χ1v) is 10.8. The lowest BCUT2D eigenvalue weighted by molar-refractivity contribution is -0.371. The van der Waals surface area contributed by atoms with Gasteiger partial charge in [0.1, 0.15) is 11.5 Å². The van der Waals surface area contributed by atoms with Gasteiger partial charge in [0.2, 0.25) is 5.60 Å². The van der Waals surface area contributed by atoms with Gasteiger partial charge in [0.25, 0.3) is 0 Å². The maximum Gasteiger partial charge on any atom is 0.423 e. The zero-order chi connectivity index (χ0) is 24.9. The van der Waals surface area contributed by atoms with Gasteiger partial charge in [0, 0.05) is 31.3 Å². The Bertz CT molecular complexity index is 1170. The number of pyridine rings is 1. The van der Waals surface area contributed by atoms with Gasteiger partial charge >= 0.3 is 6.18 Å². The van der Waals surface area contributed by atoms with Crippen molar-refractivity contribution in [3.8, 4) is 5.82 Å². The summed E-state index contributed by atoms with van der Waals surface area (Å²) in [7, 11) is 0.781. The quantitative estimate of drug-likeness (QED) is 0.331. The Hall–Kier alpha value is -1.94. The first-order valence-electron chi connectivity index (χ1n) is 9.48. The van der Waals surface area contributed by atoms with E-state index in [2.05, 4.69) is 33.0 Å². The number of aliphatic hydroxyl groups is 2. The van der Waals surface area contributed by atoms with Gasteiger partial charge in [-0.2, -0.15) is 18.3 Å². The molecule has 0 aliphatic carbocycles. The average Bonchev–Trinajstić information content (AvgIpc) is 3.45. The fourth-order valence-electron chi connectivity index (χ4n) is 4.24. The van der Waals surface area contributed by atoms with Crippen molar-refractivity contribution in [2.75, 3.05) is 13.7 Å². The summed E-state index contributed by atoms with van der Waals surface area (Å²) in [5.41, 5.74) is -8.53. The Morgan fingerprint density at radius 1 is 1.35 bits per heavy atom. The molecule has 0 radical (unpaired) electrons. The van der Waals surface area contributed by atoms with Crippen molar-refractivity contribution in [2.45, 2.75) is 33.9 Å². The number of alkyl halides is 4. The summed E-state index contributed by atoms with van der Waals surface area (Å²) in [6.45, 7) is -1.08. The van der Waals surface area contributed by atoms with E-state index in [-0.39, 0.29) is 16.5 Å². The van der Waals surface area contributed by atoms with Crippen molar-refractivity contribution < 1.29 is 32.9 Å². The van der Waals surface area contributed by atoms with Crippen LogP contribution >= 0.6 is 35.8 Å². The molecule has 1 fully saturated rings. The Kier molecular flexibility index (Phi) is 6.38. The molecule has 34 heavy (non-hydrogen) atoms. The normalized spacial score (nSPS) is 32.1. The third-order valence-corrected chi connectivity index (χ3v) is 6.81. The van der Waals surface area contributed by atoms with E-state index in [1.807, 2.05) is 0 Å². The molecule has 0 spiro atoms. The number of nitrogens with zero attached hydrogens (tertiary/aromatic N) is 6. The maximum absolute atomic E-state index is 15.0. The highest BCUT2D eigenvalue weighted by Gasteiger charge is 2.81. The number of methoxy groups -OCH3 is 1. The zero-order valence-electron chi connectivity index (χ0n) is 17.1. The second kappa shape index (κ2) is 8.62. The number of ether oxygens (including phenoxy) is 2. The number of aromatic nitrogens is 6. The van der Waals surface area contributed by atoms with E-state index in [1.165, 1.54) is 30.6 Å². The smallest absolute Gasteiger partial charge is 0.392 e. The van der Waals surface area contributed by atoms with Crippen LogP contribution < -0.4 is 0 Å². The van der Waals surface area contributed by atoms with Crippen molar-refractivity contribution in [2.24, 2.45) is 0 Å². The first-order chi connectivity index (χ1) is 16.0. The predicted octanol–water partition coefficient (Wildman–Crippen LogP) is 1.78. The molecule has 0 amide bonds. The molecule has 4 rings (SSSR count). The third kappa shape index (κ3) is 3.35. The van der Waals surface area contributed by atoms with Gasteiger partial charge in [-0.1, -0.05) is 34.5 Å². The van der Waals surface area contributed by atoms with Gasteiger partial charge in [0.05, 0.1) is 12.8 Å². The van der Waals surface area contributed by atoms with Crippen LogP contribution in [0.1, 0.15) is 5.56 Å². The van der Waals surface area contributed by atoms with Crippen LogP contribution in [0.15, 0.2) is 43.0 Å². The summed E-state index contributed by atoms with van der Waals surface area (Å²) in [6.07, 6.45) is -2.67. The van der Waals surface area contributed by atoms with Crippen LogP contribution in [0.4, 0.5) is 13.2 Å². The first kappa shape index (κ1) is 25.2. The SMILES string of the molecule is CO[C@@]1(C(F)(F)F)[C@@H](S)O[C@](Cl)(CO)[C@H](O)C1(c1cccnc1)n1cc(-n2ccc(Cl)n2)nn1. The molecule has 3 aromatic heterocycles. The Balaban J connectivity index is 2.12. The lowest BCUT2D eigenvalue weighted by Gasteiger charge is -2.60. The molecule has 0 bridgehead atoms. The topological polar surface area (TPSA) is 120 Å². The molecule has 1 aliphatic rings. The van der Waals surface area contributed by atoms with Crippen molar-refractivity contribution in [3.05, 3.63) is 53.7 Å². The van der Waals surface area contributed by atoms with Gasteiger partial charge in [-0.05, 0) is 12.1 Å². The zero-order valence-corrected chi connectivity index (χ0v) is 19.5. The summed E-state index contributed by atoms with van der Waals surface area (Å²) in [6, 6.07) is 4.04. The van der Waals surface area contributed by atoms with Crippen molar-refractivity contribution in [3.63, 3.8) is 0 Å². The van der Waals surface area contributed by atoms with Gasteiger partial charge in [0.15, 0.2) is 21.6 Å².